The maximum atomic E-state index is 12.4. The molecule has 0 aromatic heterocycles. The van der Waals surface area contributed by atoms with Crippen LogP contribution < -0.4 is 0 Å². The topological polar surface area (TPSA) is 93.5 Å². The summed E-state index contributed by atoms with van der Waals surface area (Å²) in [5, 5.41) is 14.6. The standard InChI is InChI=1S/C24H9NO5/c25-21-13-5-1-9-11-3-7-15-20-16(24(28)30-23(15)27)8-4-12(18(11)20)10-2-6-14(22(26)29-21)19(13)17(9)10/h1-8,25H. The van der Waals surface area contributed by atoms with E-state index in [0.717, 1.165) is 32.3 Å². The Balaban J connectivity index is 1.82. The van der Waals surface area contributed by atoms with Gasteiger partial charge in [-0.2, -0.15) is 0 Å². The smallest absolute Gasteiger partial charge is 0.346 e. The molecule has 5 aromatic rings. The molecule has 6 nitrogen and oxygen atoms in total. The summed E-state index contributed by atoms with van der Waals surface area (Å²) < 4.78 is 9.98. The Hall–Kier alpha value is -4.32. The number of nitrogens with one attached hydrogen (secondary N) is 1. The molecule has 0 radical (unpaired) electrons. The van der Waals surface area contributed by atoms with Gasteiger partial charge in [0.25, 0.3) is 0 Å². The molecule has 30 heavy (non-hydrogen) atoms. The zero-order chi connectivity index (χ0) is 20.3. The van der Waals surface area contributed by atoms with Gasteiger partial charge in [0.15, 0.2) is 0 Å². The molecule has 0 aliphatic carbocycles. The van der Waals surface area contributed by atoms with Crippen molar-refractivity contribution in [3.05, 3.63) is 70.8 Å². The fourth-order valence-electron chi connectivity index (χ4n) is 4.99. The SMILES string of the molecule is N=C1OC(=O)c2ccc3c4ccc5c6c(ccc(c7ccc1c2c73)c64)C(=O)OC5=O. The number of cyclic esters (lactones) is 3. The summed E-state index contributed by atoms with van der Waals surface area (Å²) in [5.41, 5.74) is 1.72. The van der Waals surface area contributed by atoms with Crippen molar-refractivity contribution in [2.24, 2.45) is 0 Å². The molecule has 0 atom stereocenters. The van der Waals surface area contributed by atoms with E-state index in [1.807, 2.05) is 24.3 Å². The lowest BCUT2D eigenvalue weighted by Crippen LogP contribution is -2.20. The highest BCUT2D eigenvalue weighted by molar-refractivity contribution is 6.39. The van der Waals surface area contributed by atoms with Crippen LogP contribution in [-0.4, -0.2) is 23.8 Å². The molecule has 7 rings (SSSR count). The number of benzene rings is 5. The molecule has 0 saturated heterocycles. The van der Waals surface area contributed by atoms with E-state index in [9.17, 15) is 14.4 Å². The van der Waals surface area contributed by atoms with Crippen LogP contribution in [-0.2, 0) is 9.47 Å². The number of rotatable bonds is 0. The fourth-order valence-corrected chi connectivity index (χ4v) is 4.99. The van der Waals surface area contributed by atoms with Gasteiger partial charge in [-0.15, -0.1) is 0 Å². The van der Waals surface area contributed by atoms with E-state index >= 15 is 0 Å². The van der Waals surface area contributed by atoms with Crippen LogP contribution in [0.2, 0.25) is 0 Å². The van der Waals surface area contributed by atoms with Gasteiger partial charge in [-0.3, -0.25) is 5.41 Å². The van der Waals surface area contributed by atoms with Crippen LogP contribution >= 0.6 is 0 Å². The van der Waals surface area contributed by atoms with Crippen molar-refractivity contribution in [1.29, 1.82) is 5.41 Å². The van der Waals surface area contributed by atoms with Crippen LogP contribution in [0.3, 0.4) is 0 Å². The largest absolute Gasteiger partial charge is 0.404 e. The Morgan fingerprint density at radius 1 is 0.467 bits per heavy atom. The van der Waals surface area contributed by atoms with Gasteiger partial charge >= 0.3 is 17.9 Å². The van der Waals surface area contributed by atoms with Crippen molar-refractivity contribution in [3.8, 4) is 0 Å². The maximum Gasteiger partial charge on any atom is 0.346 e. The van der Waals surface area contributed by atoms with Gasteiger partial charge in [-0.05, 0) is 56.6 Å². The predicted octanol–water partition coefficient (Wildman–Crippen LogP) is 4.54. The van der Waals surface area contributed by atoms with E-state index in [1.54, 1.807) is 24.3 Å². The van der Waals surface area contributed by atoms with Gasteiger partial charge < -0.3 is 9.47 Å². The Kier molecular flexibility index (Phi) is 2.50. The molecular weight excluding hydrogens is 382 g/mol. The second kappa shape index (κ2) is 4.80. The van der Waals surface area contributed by atoms with Crippen molar-refractivity contribution < 1.29 is 23.9 Å². The van der Waals surface area contributed by atoms with Crippen LogP contribution in [0, 0.1) is 5.41 Å². The van der Waals surface area contributed by atoms with Gasteiger partial charge in [-0.25, -0.2) is 14.4 Å². The first-order valence-electron chi connectivity index (χ1n) is 9.32. The first-order chi connectivity index (χ1) is 14.5. The van der Waals surface area contributed by atoms with E-state index in [0.29, 0.717) is 33.0 Å². The number of carbonyl (C=O) groups is 3. The van der Waals surface area contributed by atoms with E-state index in [1.165, 1.54) is 0 Å². The third-order valence-electron chi connectivity index (χ3n) is 6.19. The molecule has 0 spiro atoms. The molecule has 6 heteroatoms. The minimum atomic E-state index is -0.650. The van der Waals surface area contributed by atoms with Crippen molar-refractivity contribution in [1.82, 2.24) is 0 Å². The third-order valence-corrected chi connectivity index (χ3v) is 6.19. The number of ether oxygens (including phenoxy) is 2. The summed E-state index contributed by atoms with van der Waals surface area (Å²) in [7, 11) is 0. The fraction of sp³-hybridized carbons (Fsp3) is 0. The number of hydrogen-bond acceptors (Lipinski definition) is 6. The average molecular weight is 391 g/mol. The quantitative estimate of drug-likeness (QED) is 0.181. The first-order valence-corrected chi connectivity index (χ1v) is 9.32. The maximum absolute atomic E-state index is 12.4. The van der Waals surface area contributed by atoms with Crippen LogP contribution in [0.1, 0.15) is 36.6 Å². The highest BCUT2D eigenvalue weighted by Crippen LogP contribution is 2.45. The minimum Gasteiger partial charge on any atom is -0.404 e. The average Bonchev–Trinajstić information content (AvgIpc) is 2.74. The molecule has 0 unspecified atom stereocenters. The molecule has 0 fully saturated rings. The molecule has 0 amide bonds. The van der Waals surface area contributed by atoms with Gasteiger partial charge in [0.05, 0.1) is 16.7 Å². The summed E-state index contributed by atoms with van der Waals surface area (Å²) in [6.07, 6.45) is 0. The van der Waals surface area contributed by atoms with Crippen molar-refractivity contribution >= 4 is 66.9 Å². The van der Waals surface area contributed by atoms with Crippen LogP contribution in [0.25, 0.3) is 43.1 Å². The molecule has 0 bridgehead atoms. The number of esters is 3. The normalized spacial score (nSPS) is 15.5. The van der Waals surface area contributed by atoms with Crippen LogP contribution in [0.5, 0.6) is 0 Å². The van der Waals surface area contributed by atoms with Crippen molar-refractivity contribution in [2.45, 2.75) is 0 Å². The molecule has 5 aromatic carbocycles. The zero-order valence-corrected chi connectivity index (χ0v) is 15.2. The Morgan fingerprint density at radius 3 is 1.30 bits per heavy atom. The number of carbonyl (C=O) groups excluding carboxylic acids is 3. The van der Waals surface area contributed by atoms with E-state index in [4.69, 9.17) is 14.9 Å². The van der Waals surface area contributed by atoms with Gasteiger partial charge in [-0.1, -0.05) is 24.3 Å². The molecule has 2 aliphatic heterocycles. The van der Waals surface area contributed by atoms with E-state index in [-0.39, 0.29) is 5.90 Å². The lowest BCUT2D eigenvalue weighted by Gasteiger charge is -2.23. The second-order valence-electron chi connectivity index (χ2n) is 7.54. The summed E-state index contributed by atoms with van der Waals surface area (Å²) in [6.45, 7) is 0. The first kappa shape index (κ1) is 15.6. The van der Waals surface area contributed by atoms with Gasteiger partial charge in [0.2, 0.25) is 5.90 Å². The van der Waals surface area contributed by atoms with Crippen LogP contribution in [0.4, 0.5) is 0 Å². The van der Waals surface area contributed by atoms with Crippen molar-refractivity contribution in [2.75, 3.05) is 0 Å². The van der Waals surface area contributed by atoms with E-state index in [2.05, 4.69) is 0 Å². The molecule has 140 valence electrons. The molecule has 2 aliphatic rings. The molecule has 1 N–H and O–H groups in total. The number of fused-ring (bicyclic) bond motifs is 2. The lowest BCUT2D eigenvalue weighted by atomic mass is 9.83. The van der Waals surface area contributed by atoms with Crippen LogP contribution in [0.15, 0.2) is 48.5 Å². The molecule has 0 saturated carbocycles. The molecular formula is C24H9NO5. The Morgan fingerprint density at radius 2 is 0.833 bits per heavy atom. The summed E-state index contributed by atoms with van der Waals surface area (Å²) in [6, 6.07) is 14.3. The highest BCUT2D eigenvalue weighted by atomic mass is 16.6. The van der Waals surface area contributed by atoms with E-state index < -0.39 is 17.9 Å². The Labute approximate surface area is 167 Å². The Bertz CT molecular complexity index is 1470. The van der Waals surface area contributed by atoms with Gasteiger partial charge in [0.1, 0.15) is 0 Å². The number of hydrogen-bond donors (Lipinski definition) is 1. The second-order valence-corrected chi connectivity index (χ2v) is 7.54. The minimum absolute atomic E-state index is 0.166. The third kappa shape index (κ3) is 1.58. The lowest BCUT2D eigenvalue weighted by molar-refractivity contribution is 0.0390. The summed E-state index contributed by atoms with van der Waals surface area (Å²) in [4.78, 5) is 37.1. The molecule has 2 heterocycles. The van der Waals surface area contributed by atoms with Gasteiger partial charge in [0, 0.05) is 16.3 Å². The monoisotopic (exact) mass is 391 g/mol. The summed E-state index contributed by atoms with van der Waals surface area (Å²) >= 11 is 0. The van der Waals surface area contributed by atoms with Crippen molar-refractivity contribution in [3.63, 3.8) is 0 Å². The highest BCUT2D eigenvalue weighted by Gasteiger charge is 2.31. The predicted molar refractivity (Wildman–Crippen MR) is 110 cm³/mol. The summed E-state index contributed by atoms with van der Waals surface area (Å²) in [5.74, 6) is -2.01. The zero-order valence-electron chi connectivity index (χ0n) is 15.2.